The Morgan fingerprint density at radius 3 is 2.74 bits per heavy atom. The topological polar surface area (TPSA) is 63.1 Å². The lowest BCUT2D eigenvalue weighted by molar-refractivity contribution is 0.0688. The molecule has 1 N–H and O–H groups in total. The standard InChI is InChI=1S/C12H7BrF2N2O2/c13-8-5-16-10(17-11(8)12(18)19)3-6-1-2-7(14)4-9(6)15/h1-2,4-5H,3H2,(H,18,19). The second-order valence-electron chi connectivity index (χ2n) is 3.70. The first-order chi connectivity index (χ1) is 8.97. The molecule has 0 unspecified atom stereocenters. The monoisotopic (exact) mass is 328 g/mol. The maximum Gasteiger partial charge on any atom is 0.355 e. The maximum absolute atomic E-state index is 13.5. The molecule has 0 fully saturated rings. The summed E-state index contributed by atoms with van der Waals surface area (Å²) in [7, 11) is 0. The van der Waals surface area contributed by atoms with E-state index >= 15 is 0 Å². The number of halogens is 3. The molecule has 4 nitrogen and oxygen atoms in total. The molecule has 1 aromatic carbocycles. The molecule has 2 aromatic rings. The van der Waals surface area contributed by atoms with Gasteiger partial charge in [-0.05, 0) is 27.6 Å². The number of rotatable bonds is 3. The largest absolute Gasteiger partial charge is 0.476 e. The van der Waals surface area contributed by atoms with Crippen LogP contribution in [0, 0.1) is 11.6 Å². The summed E-state index contributed by atoms with van der Waals surface area (Å²) in [5, 5.41) is 8.90. The number of hydrogen-bond donors (Lipinski definition) is 1. The number of nitrogens with zero attached hydrogens (tertiary/aromatic N) is 2. The average Bonchev–Trinajstić information content (AvgIpc) is 2.34. The van der Waals surface area contributed by atoms with E-state index in [1.165, 1.54) is 12.3 Å². The molecule has 0 atom stereocenters. The maximum atomic E-state index is 13.5. The summed E-state index contributed by atoms with van der Waals surface area (Å²) in [5.74, 6) is -2.46. The highest BCUT2D eigenvalue weighted by Crippen LogP contribution is 2.16. The minimum Gasteiger partial charge on any atom is -0.476 e. The van der Waals surface area contributed by atoms with Crippen LogP contribution in [0.5, 0.6) is 0 Å². The van der Waals surface area contributed by atoms with Gasteiger partial charge in [0, 0.05) is 18.7 Å². The van der Waals surface area contributed by atoms with Crippen LogP contribution in [0.2, 0.25) is 0 Å². The van der Waals surface area contributed by atoms with Gasteiger partial charge in [-0.2, -0.15) is 0 Å². The first-order valence-electron chi connectivity index (χ1n) is 5.16. The van der Waals surface area contributed by atoms with Crippen molar-refractivity contribution in [1.82, 2.24) is 9.97 Å². The molecule has 0 aliphatic rings. The smallest absolute Gasteiger partial charge is 0.355 e. The first-order valence-corrected chi connectivity index (χ1v) is 5.95. The molecule has 0 amide bonds. The third-order valence-electron chi connectivity index (χ3n) is 2.36. The van der Waals surface area contributed by atoms with Crippen LogP contribution in [0.1, 0.15) is 21.9 Å². The van der Waals surface area contributed by atoms with Crippen LogP contribution in [-0.4, -0.2) is 21.0 Å². The highest BCUT2D eigenvalue weighted by atomic mass is 79.9. The van der Waals surface area contributed by atoms with E-state index in [1.54, 1.807) is 0 Å². The fraction of sp³-hybridized carbons (Fsp3) is 0.0833. The van der Waals surface area contributed by atoms with Crippen molar-refractivity contribution in [2.75, 3.05) is 0 Å². The molecule has 2 rings (SSSR count). The van der Waals surface area contributed by atoms with E-state index in [9.17, 15) is 13.6 Å². The SMILES string of the molecule is O=C(O)c1nc(Cc2ccc(F)cc2F)ncc1Br. The average molecular weight is 329 g/mol. The van der Waals surface area contributed by atoms with Crippen molar-refractivity contribution < 1.29 is 18.7 Å². The summed E-state index contributed by atoms with van der Waals surface area (Å²) >= 11 is 3.01. The number of hydrogen-bond acceptors (Lipinski definition) is 3. The van der Waals surface area contributed by atoms with Crippen molar-refractivity contribution in [3.8, 4) is 0 Å². The third-order valence-corrected chi connectivity index (χ3v) is 2.94. The van der Waals surface area contributed by atoms with E-state index < -0.39 is 17.6 Å². The van der Waals surface area contributed by atoms with Gasteiger partial charge in [-0.15, -0.1) is 0 Å². The normalized spacial score (nSPS) is 10.5. The van der Waals surface area contributed by atoms with Gasteiger partial charge in [0.1, 0.15) is 17.5 Å². The van der Waals surface area contributed by atoms with Gasteiger partial charge in [-0.1, -0.05) is 6.07 Å². The minimum atomic E-state index is -1.21. The Labute approximate surface area is 115 Å². The lowest BCUT2D eigenvalue weighted by Crippen LogP contribution is -2.07. The Morgan fingerprint density at radius 2 is 2.11 bits per heavy atom. The van der Waals surface area contributed by atoms with Crippen molar-refractivity contribution in [1.29, 1.82) is 0 Å². The molecule has 0 aliphatic carbocycles. The highest BCUT2D eigenvalue weighted by molar-refractivity contribution is 9.10. The number of aromatic carboxylic acids is 1. The molecule has 0 saturated heterocycles. The van der Waals surface area contributed by atoms with Crippen molar-refractivity contribution in [3.05, 3.63) is 57.6 Å². The van der Waals surface area contributed by atoms with E-state index in [0.29, 0.717) is 0 Å². The lowest BCUT2D eigenvalue weighted by atomic mass is 10.1. The molecular formula is C12H7BrF2N2O2. The van der Waals surface area contributed by atoms with Gasteiger partial charge < -0.3 is 5.11 Å². The van der Waals surface area contributed by atoms with Gasteiger partial charge in [-0.3, -0.25) is 0 Å². The molecule has 98 valence electrons. The van der Waals surface area contributed by atoms with Gasteiger partial charge in [0.15, 0.2) is 5.69 Å². The number of carbonyl (C=O) groups is 1. The second-order valence-corrected chi connectivity index (χ2v) is 4.55. The van der Waals surface area contributed by atoms with Crippen LogP contribution in [0.25, 0.3) is 0 Å². The van der Waals surface area contributed by atoms with Crippen molar-refractivity contribution >= 4 is 21.9 Å². The Balaban J connectivity index is 2.33. The van der Waals surface area contributed by atoms with Crippen LogP contribution in [0.3, 0.4) is 0 Å². The molecule has 1 heterocycles. The predicted octanol–water partition coefficient (Wildman–Crippen LogP) is 2.81. The summed E-state index contributed by atoms with van der Waals surface area (Å²) in [6.45, 7) is 0. The van der Waals surface area contributed by atoms with E-state index in [2.05, 4.69) is 25.9 Å². The van der Waals surface area contributed by atoms with Crippen LogP contribution in [0.15, 0.2) is 28.9 Å². The molecule has 0 radical (unpaired) electrons. The summed E-state index contributed by atoms with van der Waals surface area (Å²) in [4.78, 5) is 18.6. The Morgan fingerprint density at radius 1 is 1.37 bits per heavy atom. The summed E-state index contributed by atoms with van der Waals surface area (Å²) in [6.07, 6.45) is 1.27. The number of benzene rings is 1. The van der Waals surface area contributed by atoms with E-state index in [-0.39, 0.29) is 28.0 Å². The molecular weight excluding hydrogens is 322 g/mol. The van der Waals surface area contributed by atoms with E-state index in [4.69, 9.17) is 5.11 Å². The summed E-state index contributed by atoms with van der Waals surface area (Å²) in [6, 6.07) is 3.15. The summed E-state index contributed by atoms with van der Waals surface area (Å²) in [5.41, 5.74) is -0.00687. The van der Waals surface area contributed by atoms with Crippen LogP contribution < -0.4 is 0 Å². The fourth-order valence-electron chi connectivity index (χ4n) is 1.47. The predicted molar refractivity (Wildman–Crippen MR) is 65.9 cm³/mol. The van der Waals surface area contributed by atoms with Crippen LogP contribution in [0.4, 0.5) is 8.78 Å². The van der Waals surface area contributed by atoms with Gasteiger partial charge in [-0.25, -0.2) is 23.5 Å². The Bertz CT molecular complexity index is 650. The fourth-order valence-corrected chi connectivity index (χ4v) is 1.83. The van der Waals surface area contributed by atoms with Gasteiger partial charge >= 0.3 is 5.97 Å². The van der Waals surface area contributed by atoms with Crippen molar-refractivity contribution in [3.63, 3.8) is 0 Å². The van der Waals surface area contributed by atoms with Crippen LogP contribution >= 0.6 is 15.9 Å². The molecule has 0 spiro atoms. The molecule has 7 heteroatoms. The molecule has 0 aliphatic heterocycles. The zero-order chi connectivity index (χ0) is 14.0. The lowest BCUT2D eigenvalue weighted by Gasteiger charge is -2.04. The van der Waals surface area contributed by atoms with Crippen molar-refractivity contribution in [2.45, 2.75) is 6.42 Å². The second kappa shape index (κ2) is 5.40. The van der Waals surface area contributed by atoms with Gasteiger partial charge in [0.05, 0.1) is 4.47 Å². The highest BCUT2D eigenvalue weighted by Gasteiger charge is 2.13. The van der Waals surface area contributed by atoms with Gasteiger partial charge in [0.25, 0.3) is 0 Å². The zero-order valence-electron chi connectivity index (χ0n) is 9.40. The molecule has 0 saturated carbocycles. The Hall–Kier alpha value is -1.89. The quantitative estimate of drug-likeness (QED) is 0.941. The zero-order valence-corrected chi connectivity index (χ0v) is 11.0. The minimum absolute atomic E-state index is 0.0142. The van der Waals surface area contributed by atoms with Crippen LogP contribution in [-0.2, 0) is 6.42 Å². The van der Waals surface area contributed by atoms with E-state index in [1.807, 2.05) is 0 Å². The first kappa shape index (κ1) is 13.5. The summed E-state index contributed by atoms with van der Waals surface area (Å²) < 4.78 is 26.4. The van der Waals surface area contributed by atoms with Gasteiger partial charge in [0.2, 0.25) is 0 Å². The number of aromatic nitrogens is 2. The number of carboxylic acids is 1. The third kappa shape index (κ3) is 3.11. The van der Waals surface area contributed by atoms with E-state index in [0.717, 1.165) is 12.1 Å². The molecule has 19 heavy (non-hydrogen) atoms. The number of carboxylic acid groups (broad SMARTS) is 1. The molecule has 1 aromatic heterocycles. The van der Waals surface area contributed by atoms with Crippen molar-refractivity contribution in [2.24, 2.45) is 0 Å². The molecule has 0 bridgehead atoms. The Kier molecular flexibility index (Phi) is 3.84.